The summed E-state index contributed by atoms with van der Waals surface area (Å²) < 4.78 is 0. The van der Waals surface area contributed by atoms with Gasteiger partial charge in [-0.05, 0) is 93.1 Å². The van der Waals surface area contributed by atoms with Crippen molar-refractivity contribution in [1.82, 2.24) is 9.80 Å². The molecule has 2 aromatic carbocycles. The number of amides is 1. The number of nitrogens with two attached hydrogens (primary N) is 1. The second-order valence-corrected chi connectivity index (χ2v) is 9.29. The van der Waals surface area contributed by atoms with Gasteiger partial charge in [-0.15, -0.1) is 0 Å². The zero-order valence-corrected chi connectivity index (χ0v) is 19.3. The number of likely N-dealkylation sites (N-methyl/N-ethyl adjacent to an activating group) is 1. The molecule has 1 fully saturated rings. The average molecular weight is 430 g/mol. The Morgan fingerprint density at radius 3 is 2.41 bits per heavy atom. The molecule has 2 N–H and O–H groups in total. The van der Waals surface area contributed by atoms with Crippen molar-refractivity contribution in [2.45, 2.75) is 44.2 Å². The quantitative estimate of drug-likeness (QED) is 0.804. The van der Waals surface area contributed by atoms with E-state index in [4.69, 9.17) is 10.7 Å². The minimum absolute atomic E-state index is 0.0469. The molecule has 2 aliphatic rings. The maximum Gasteiger partial charge on any atom is 0.261 e. The molecule has 1 unspecified atom stereocenters. The minimum Gasteiger partial charge on any atom is -0.369 e. The van der Waals surface area contributed by atoms with Crippen LogP contribution in [0, 0.1) is 24.2 Å². The van der Waals surface area contributed by atoms with E-state index in [0.717, 1.165) is 47.9 Å². The molecule has 1 aliphatic heterocycles. The van der Waals surface area contributed by atoms with Crippen LogP contribution >= 0.6 is 0 Å². The van der Waals surface area contributed by atoms with Gasteiger partial charge in [0, 0.05) is 13.1 Å². The first-order valence-electron chi connectivity index (χ1n) is 11.2. The molecule has 0 saturated heterocycles. The number of benzene rings is 2. The van der Waals surface area contributed by atoms with Crippen LogP contribution in [-0.4, -0.2) is 48.9 Å². The summed E-state index contributed by atoms with van der Waals surface area (Å²) in [6.07, 6.45) is 3.92. The predicted molar refractivity (Wildman–Crippen MR) is 127 cm³/mol. The number of nitriles is 1. The molecule has 0 spiro atoms. The third kappa shape index (κ3) is 3.57. The van der Waals surface area contributed by atoms with Crippen LogP contribution in [-0.2, 0) is 10.3 Å². The zero-order chi connectivity index (χ0) is 23.0. The number of nitrogens with zero attached hydrogens (tertiary/aromatic N) is 4. The van der Waals surface area contributed by atoms with Crippen LogP contribution in [0.2, 0.25) is 0 Å². The SMILES string of the molecule is Cc1ccc(-c2cccc(C#N)c2)cc1C1(C2CCC(N(C)C)CC2)N=C(N)N(C)C1=O. The van der Waals surface area contributed by atoms with E-state index in [1.165, 1.54) is 4.90 Å². The van der Waals surface area contributed by atoms with Crippen molar-refractivity contribution in [1.29, 1.82) is 5.26 Å². The molecule has 4 rings (SSSR count). The van der Waals surface area contributed by atoms with Crippen molar-refractivity contribution in [2.24, 2.45) is 16.6 Å². The van der Waals surface area contributed by atoms with E-state index >= 15 is 0 Å². The Morgan fingerprint density at radius 2 is 1.81 bits per heavy atom. The minimum atomic E-state index is -0.997. The number of guanidine groups is 1. The highest BCUT2D eigenvalue weighted by Crippen LogP contribution is 2.48. The highest BCUT2D eigenvalue weighted by atomic mass is 16.2. The fraction of sp³-hybridized carbons (Fsp3) is 0.423. The maximum absolute atomic E-state index is 13.7. The highest BCUT2D eigenvalue weighted by Gasteiger charge is 2.54. The van der Waals surface area contributed by atoms with Gasteiger partial charge in [0.25, 0.3) is 5.91 Å². The summed E-state index contributed by atoms with van der Waals surface area (Å²) in [5.74, 6) is 0.324. The largest absolute Gasteiger partial charge is 0.369 e. The molecular formula is C26H31N5O. The molecule has 1 aliphatic carbocycles. The number of rotatable bonds is 4. The third-order valence-electron chi connectivity index (χ3n) is 7.26. The number of carbonyl (C=O) groups excluding carboxylic acids is 1. The molecule has 32 heavy (non-hydrogen) atoms. The van der Waals surface area contributed by atoms with Gasteiger partial charge in [0.05, 0.1) is 11.6 Å². The van der Waals surface area contributed by atoms with Crippen LogP contribution in [0.5, 0.6) is 0 Å². The number of aryl methyl sites for hydroxylation is 1. The van der Waals surface area contributed by atoms with E-state index in [9.17, 15) is 10.1 Å². The Balaban J connectivity index is 1.83. The van der Waals surface area contributed by atoms with Gasteiger partial charge in [-0.2, -0.15) is 5.26 Å². The van der Waals surface area contributed by atoms with Gasteiger partial charge in [-0.3, -0.25) is 9.69 Å². The Kier molecular flexibility index (Phi) is 5.79. The Morgan fingerprint density at radius 1 is 1.12 bits per heavy atom. The lowest BCUT2D eigenvalue weighted by molar-refractivity contribution is -0.133. The first kappa shape index (κ1) is 22.0. The topological polar surface area (TPSA) is 85.7 Å². The zero-order valence-electron chi connectivity index (χ0n) is 19.3. The monoisotopic (exact) mass is 429 g/mol. The number of hydrogen-bond donors (Lipinski definition) is 1. The van der Waals surface area contributed by atoms with Gasteiger partial charge in [0.15, 0.2) is 11.5 Å². The lowest BCUT2D eigenvalue weighted by atomic mass is 9.68. The summed E-state index contributed by atoms with van der Waals surface area (Å²) in [5.41, 5.74) is 9.70. The van der Waals surface area contributed by atoms with Crippen LogP contribution in [0.4, 0.5) is 0 Å². The van der Waals surface area contributed by atoms with Crippen molar-refractivity contribution >= 4 is 11.9 Å². The van der Waals surface area contributed by atoms with E-state index < -0.39 is 5.54 Å². The van der Waals surface area contributed by atoms with E-state index in [1.807, 2.05) is 37.3 Å². The molecular weight excluding hydrogens is 398 g/mol. The summed E-state index contributed by atoms with van der Waals surface area (Å²) in [6, 6.07) is 16.5. The van der Waals surface area contributed by atoms with Crippen LogP contribution in [0.15, 0.2) is 47.5 Å². The lowest BCUT2D eigenvalue weighted by Gasteiger charge is -2.40. The molecule has 1 heterocycles. The van der Waals surface area contributed by atoms with Gasteiger partial charge in [-0.25, -0.2) is 4.99 Å². The summed E-state index contributed by atoms with van der Waals surface area (Å²) in [4.78, 5) is 22.4. The smallest absolute Gasteiger partial charge is 0.261 e. The average Bonchev–Trinajstić information content (AvgIpc) is 3.04. The highest BCUT2D eigenvalue weighted by molar-refractivity contribution is 6.07. The van der Waals surface area contributed by atoms with Crippen molar-refractivity contribution in [3.8, 4) is 17.2 Å². The fourth-order valence-electron chi connectivity index (χ4n) is 5.31. The summed E-state index contributed by atoms with van der Waals surface area (Å²) in [6.45, 7) is 2.04. The summed E-state index contributed by atoms with van der Waals surface area (Å²) in [5, 5.41) is 9.31. The van der Waals surface area contributed by atoms with Crippen molar-refractivity contribution in [3.63, 3.8) is 0 Å². The molecule has 2 aromatic rings. The molecule has 6 heteroatoms. The van der Waals surface area contributed by atoms with Crippen molar-refractivity contribution in [2.75, 3.05) is 21.1 Å². The van der Waals surface area contributed by atoms with E-state index in [-0.39, 0.29) is 17.8 Å². The summed E-state index contributed by atoms with van der Waals surface area (Å²) in [7, 11) is 5.95. The third-order valence-corrected chi connectivity index (χ3v) is 7.26. The van der Waals surface area contributed by atoms with Crippen molar-refractivity contribution in [3.05, 3.63) is 59.2 Å². The first-order valence-corrected chi connectivity index (χ1v) is 11.2. The van der Waals surface area contributed by atoms with E-state index in [0.29, 0.717) is 11.6 Å². The Bertz CT molecular complexity index is 1110. The summed E-state index contributed by atoms with van der Waals surface area (Å²) >= 11 is 0. The van der Waals surface area contributed by atoms with Crippen LogP contribution in [0.3, 0.4) is 0 Å². The number of hydrogen-bond acceptors (Lipinski definition) is 5. The van der Waals surface area contributed by atoms with Gasteiger partial charge in [-0.1, -0.05) is 24.3 Å². The van der Waals surface area contributed by atoms with Crippen molar-refractivity contribution < 1.29 is 4.79 Å². The number of aliphatic imine (C=N–C) groups is 1. The number of carbonyl (C=O) groups is 1. The molecule has 0 aromatic heterocycles. The Labute approximate surface area is 190 Å². The van der Waals surface area contributed by atoms with Crippen LogP contribution in [0.1, 0.15) is 42.4 Å². The molecule has 1 saturated carbocycles. The van der Waals surface area contributed by atoms with Gasteiger partial charge in [0.2, 0.25) is 0 Å². The predicted octanol–water partition coefficient (Wildman–Crippen LogP) is 3.64. The Hall–Kier alpha value is -3.17. The fourth-order valence-corrected chi connectivity index (χ4v) is 5.31. The molecule has 0 radical (unpaired) electrons. The van der Waals surface area contributed by atoms with E-state index in [2.05, 4.69) is 31.1 Å². The molecule has 1 atom stereocenters. The van der Waals surface area contributed by atoms with Gasteiger partial charge in [0.1, 0.15) is 0 Å². The standard InChI is InChI=1S/C26H31N5O/c1-17-8-9-20(19-7-5-6-18(14-19)16-27)15-23(17)26(24(32)31(4)25(28)29-26)21-10-12-22(13-11-21)30(2)3/h5-9,14-15,21-22H,10-13H2,1-4H3,(H2,28,29). The van der Waals surface area contributed by atoms with Crippen LogP contribution < -0.4 is 5.73 Å². The normalized spacial score (nSPS) is 25.7. The van der Waals surface area contributed by atoms with E-state index in [1.54, 1.807) is 13.1 Å². The molecule has 6 nitrogen and oxygen atoms in total. The second kappa shape index (κ2) is 8.40. The van der Waals surface area contributed by atoms with Gasteiger partial charge >= 0.3 is 0 Å². The van der Waals surface area contributed by atoms with Gasteiger partial charge < -0.3 is 10.6 Å². The van der Waals surface area contributed by atoms with Crippen LogP contribution in [0.25, 0.3) is 11.1 Å². The second-order valence-electron chi connectivity index (χ2n) is 9.29. The first-order chi connectivity index (χ1) is 15.3. The molecule has 0 bridgehead atoms. The molecule has 166 valence electrons. The molecule has 1 amide bonds. The lowest BCUT2D eigenvalue weighted by Crippen LogP contribution is -2.47. The maximum atomic E-state index is 13.7.